The van der Waals surface area contributed by atoms with Crippen LogP contribution in [0, 0.1) is 0 Å². The summed E-state index contributed by atoms with van der Waals surface area (Å²) in [5.41, 5.74) is 0. The van der Waals surface area contributed by atoms with Crippen molar-refractivity contribution in [1.29, 1.82) is 0 Å². The first-order valence-electron chi connectivity index (χ1n) is 8.49. The number of carbonyl (C=O) groups is 1. The summed E-state index contributed by atoms with van der Waals surface area (Å²) in [6, 6.07) is 2.08. The molecule has 0 bridgehead atoms. The smallest absolute Gasteiger partial charge is 0.317 e. The molecule has 0 aliphatic rings. The van der Waals surface area contributed by atoms with Crippen LogP contribution in [0.5, 0.6) is 0 Å². The van der Waals surface area contributed by atoms with E-state index in [2.05, 4.69) is 52.8 Å². The molecule has 0 saturated heterocycles. The second-order valence-corrected chi connectivity index (χ2v) is 20.9. The van der Waals surface area contributed by atoms with E-state index < -0.39 is 25.2 Å². The highest BCUT2D eigenvalue weighted by molar-refractivity contribution is 6.88. The fourth-order valence-corrected chi connectivity index (χ4v) is 15.5. The average molecular weight is 361 g/mol. The number of hydrogen-bond acceptors (Lipinski definition) is 3. The Kier molecular flexibility index (Phi) is 9.31. The molecule has 0 N–H and O–H groups in total. The summed E-state index contributed by atoms with van der Waals surface area (Å²) in [6.45, 7) is 19.2. The molecule has 130 valence electrons. The summed E-state index contributed by atoms with van der Waals surface area (Å²) in [4.78, 5) is 11.4. The summed E-state index contributed by atoms with van der Waals surface area (Å²) >= 11 is 0. The van der Waals surface area contributed by atoms with Gasteiger partial charge in [-0.1, -0.05) is 26.3 Å². The van der Waals surface area contributed by atoms with Crippen LogP contribution in [0.1, 0.15) is 32.6 Å². The highest BCUT2D eigenvalue weighted by atomic mass is 28.5. The van der Waals surface area contributed by atoms with Crippen molar-refractivity contribution in [2.75, 3.05) is 0 Å². The topological polar surface area (TPSA) is 35.5 Å². The van der Waals surface area contributed by atoms with Gasteiger partial charge in [-0.25, -0.2) is 0 Å². The van der Waals surface area contributed by atoms with Crippen molar-refractivity contribution in [3.8, 4) is 0 Å². The molecule has 0 aliphatic carbocycles. The fourth-order valence-electron chi connectivity index (χ4n) is 2.64. The molecule has 6 heteroatoms. The Morgan fingerprint density at radius 1 is 0.955 bits per heavy atom. The Bertz CT molecular complexity index is 341. The summed E-state index contributed by atoms with van der Waals surface area (Å²) in [7, 11) is -5.45. The van der Waals surface area contributed by atoms with Crippen molar-refractivity contribution in [3.05, 3.63) is 12.7 Å². The third kappa shape index (κ3) is 10.7. The Morgan fingerprint density at radius 2 is 1.45 bits per heavy atom. The predicted molar refractivity (Wildman–Crippen MR) is 104 cm³/mol. The Labute approximate surface area is 141 Å². The molecule has 0 amide bonds. The first kappa shape index (κ1) is 22.0. The maximum Gasteiger partial charge on any atom is 0.317 e. The lowest BCUT2D eigenvalue weighted by Crippen LogP contribution is -2.54. The number of ketones is 1. The van der Waals surface area contributed by atoms with E-state index in [1.165, 1.54) is 6.08 Å². The molecule has 0 saturated carbocycles. The zero-order valence-electron chi connectivity index (χ0n) is 15.8. The van der Waals surface area contributed by atoms with Gasteiger partial charge >= 0.3 is 8.56 Å². The van der Waals surface area contributed by atoms with Crippen LogP contribution in [0.3, 0.4) is 0 Å². The van der Waals surface area contributed by atoms with Gasteiger partial charge in [-0.05, 0) is 63.9 Å². The summed E-state index contributed by atoms with van der Waals surface area (Å²) < 4.78 is 13.3. The third-order valence-corrected chi connectivity index (χ3v) is 13.3. The number of rotatable bonds is 12. The molecular weight excluding hydrogens is 324 g/mol. The van der Waals surface area contributed by atoms with Crippen LogP contribution in [0.4, 0.5) is 0 Å². The minimum absolute atomic E-state index is 0.139. The lowest BCUT2D eigenvalue weighted by molar-refractivity contribution is -0.114. The van der Waals surface area contributed by atoms with Gasteiger partial charge in [0.25, 0.3) is 0 Å². The van der Waals surface area contributed by atoms with Gasteiger partial charge in [0.05, 0.1) is 0 Å². The van der Waals surface area contributed by atoms with Crippen LogP contribution in [0.2, 0.25) is 51.4 Å². The van der Waals surface area contributed by atoms with Gasteiger partial charge in [0.2, 0.25) is 0 Å². The Hall–Kier alpha value is -0.0194. The molecule has 0 aromatic carbocycles. The predicted octanol–water partition coefficient (Wildman–Crippen LogP) is 5.47. The molecule has 0 aromatic rings. The van der Waals surface area contributed by atoms with Gasteiger partial charge < -0.3 is 8.23 Å². The van der Waals surface area contributed by atoms with Gasteiger partial charge in [-0.3, -0.25) is 4.79 Å². The van der Waals surface area contributed by atoms with Crippen molar-refractivity contribution in [3.63, 3.8) is 0 Å². The van der Waals surface area contributed by atoms with Gasteiger partial charge in [-0.15, -0.1) is 0 Å². The van der Waals surface area contributed by atoms with Crippen LogP contribution >= 0.6 is 0 Å². The SMILES string of the molecule is C=CC(=O)CCCC[Si](CCC)(O[Si](C)(C)C)O[Si](C)(C)C. The van der Waals surface area contributed by atoms with Crippen molar-refractivity contribution >= 4 is 31.0 Å². The van der Waals surface area contributed by atoms with E-state index in [0.717, 1.165) is 31.4 Å². The monoisotopic (exact) mass is 360 g/mol. The van der Waals surface area contributed by atoms with E-state index in [-0.39, 0.29) is 5.78 Å². The second-order valence-electron chi connectivity index (χ2n) is 7.97. The van der Waals surface area contributed by atoms with Crippen LogP contribution < -0.4 is 0 Å². The highest BCUT2D eigenvalue weighted by Gasteiger charge is 2.43. The molecule has 0 fully saturated rings. The van der Waals surface area contributed by atoms with Crippen molar-refractivity contribution < 1.29 is 13.0 Å². The molecule has 22 heavy (non-hydrogen) atoms. The first-order chi connectivity index (χ1) is 9.93. The van der Waals surface area contributed by atoms with E-state index in [9.17, 15) is 4.79 Å². The van der Waals surface area contributed by atoms with Gasteiger partial charge in [0.1, 0.15) is 0 Å². The summed E-state index contributed by atoms with van der Waals surface area (Å²) in [6.07, 6.45) is 5.05. The third-order valence-electron chi connectivity index (χ3n) is 3.07. The minimum Gasteiger partial charge on any atom is -0.436 e. The number of hydrogen-bond donors (Lipinski definition) is 0. The lowest BCUT2D eigenvalue weighted by atomic mass is 10.2. The maximum atomic E-state index is 11.4. The molecule has 3 nitrogen and oxygen atoms in total. The Balaban J connectivity index is 4.93. The van der Waals surface area contributed by atoms with E-state index in [1.54, 1.807) is 0 Å². The van der Waals surface area contributed by atoms with Crippen molar-refractivity contribution in [2.45, 2.75) is 84.0 Å². The molecule has 0 radical (unpaired) electrons. The van der Waals surface area contributed by atoms with Crippen LogP contribution in [0.15, 0.2) is 12.7 Å². The van der Waals surface area contributed by atoms with Crippen LogP contribution in [0.25, 0.3) is 0 Å². The van der Waals surface area contributed by atoms with Crippen molar-refractivity contribution in [2.24, 2.45) is 0 Å². The van der Waals surface area contributed by atoms with Gasteiger partial charge in [-0.2, -0.15) is 0 Å². The normalized spacial score (nSPS) is 13.2. The minimum atomic E-state index is -2.16. The quantitative estimate of drug-likeness (QED) is 0.263. The molecular formula is C16H36O3Si3. The average Bonchev–Trinajstić information content (AvgIpc) is 2.30. The molecule has 0 spiro atoms. The first-order valence-corrected chi connectivity index (χ1v) is 17.5. The van der Waals surface area contributed by atoms with E-state index in [1.807, 2.05) is 0 Å². The van der Waals surface area contributed by atoms with Gasteiger partial charge in [0, 0.05) is 6.42 Å². The molecule has 0 heterocycles. The van der Waals surface area contributed by atoms with E-state index in [4.69, 9.17) is 8.23 Å². The summed E-state index contributed by atoms with van der Waals surface area (Å²) in [5, 5.41) is 0. The van der Waals surface area contributed by atoms with Crippen molar-refractivity contribution in [1.82, 2.24) is 0 Å². The molecule has 0 unspecified atom stereocenters. The number of unbranched alkanes of at least 4 members (excludes halogenated alkanes) is 1. The molecule has 0 rings (SSSR count). The summed E-state index contributed by atoms with van der Waals surface area (Å²) in [5.74, 6) is 0.139. The lowest BCUT2D eigenvalue weighted by Gasteiger charge is -2.41. The zero-order chi connectivity index (χ0) is 17.4. The fraction of sp³-hybridized carbons (Fsp3) is 0.812. The van der Waals surface area contributed by atoms with Crippen LogP contribution in [-0.2, 0) is 13.0 Å². The molecule has 0 aliphatic heterocycles. The molecule has 0 atom stereocenters. The van der Waals surface area contributed by atoms with Crippen LogP contribution in [-0.4, -0.2) is 31.0 Å². The largest absolute Gasteiger partial charge is 0.436 e. The number of carbonyl (C=O) groups excluding carboxylic acids is 1. The van der Waals surface area contributed by atoms with E-state index >= 15 is 0 Å². The number of allylic oxidation sites excluding steroid dienone is 1. The molecule has 0 aromatic heterocycles. The van der Waals surface area contributed by atoms with Gasteiger partial charge in [0.15, 0.2) is 22.4 Å². The standard InChI is InChI=1S/C16H36O3Si3/c1-9-14-22(18-20(3,4)5,19-21(6,7)8)15-12-11-13-16(17)10-2/h10H,2,9,11-15H2,1,3-8H3. The maximum absolute atomic E-state index is 11.4. The zero-order valence-corrected chi connectivity index (χ0v) is 18.8. The van der Waals surface area contributed by atoms with E-state index in [0.29, 0.717) is 6.42 Å². The second kappa shape index (κ2) is 9.32. The highest BCUT2D eigenvalue weighted by Crippen LogP contribution is 2.31. The Morgan fingerprint density at radius 3 is 1.82 bits per heavy atom.